The van der Waals surface area contributed by atoms with Gasteiger partial charge in [0.25, 0.3) is 5.91 Å². The molecule has 4 heterocycles. The summed E-state index contributed by atoms with van der Waals surface area (Å²) in [7, 11) is -1.89. The number of fused-ring (bicyclic) bond motifs is 5. The molecule has 0 spiro atoms. The van der Waals surface area contributed by atoms with E-state index in [-0.39, 0.29) is 31.2 Å². The van der Waals surface area contributed by atoms with Gasteiger partial charge in [0.1, 0.15) is 30.3 Å². The number of rotatable bonds is 6. The van der Waals surface area contributed by atoms with E-state index < -0.39 is 74.2 Å². The molecule has 7 rings (SSSR count). The average molecular weight is 794 g/mol. The third kappa shape index (κ3) is 8.25. The fourth-order valence-corrected chi connectivity index (χ4v) is 9.68. The van der Waals surface area contributed by atoms with E-state index in [1.54, 1.807) is 6.20 Å². The van der Waals surface area contributed by atoms with Crippen molar-refractivity contribution in [3.05, 3.63) is 36.5 Å². The van der Waals surface area contributed by atoms with E-state index in [0.717, 1.165) is 29.8 Å². The van der Waals surface area contributed by atoms with Crippen molar-refractivity contribution in [3.63, 3.8) is 0 Å². The molecule has 5 aliphatic rings. The summed E-state index contributed by atoms with van der Waals surface area (Å²) in [6.45, 7) is 10.9. The Morgan fingerprint density at radius 1 is 1.07 bits per heavy atom. The first-order chi connectivity index (χ1) is 26.5. The molecule has 2 saturated carbocycles. The van der Waals surface area contributed by atoms with Crippen molar-refractivity contribution in [1.82, 2.24) is 30.6 Å². The Bertz CT molecular complexity index is 2030. The van der Waals surface area contributed by atoms with Crippen LogP contribution in [0.4, 0.5) is 10.5 Å². The molecule has 0 bridgehead atoms. The van der Waals surface area contributed by atoms with E-state index in [0.29, 0.717) is 43.6 Å². The Labute approximate surface area is 328 Å². The van der Waals surface area contributed by atoms with Gasteiger partial charge in [-0.3, -0.25) is 19.1 Å². The zero-order valence-electron chi connectivity index (χ0n) is 33.1. The molecule has 3 fully saturated rings. The number of carbonyl (C=O) groups excluding carboxylic acids is 4. The van der Waals surface area contributed by atoms with Crippen LogP contribution < -0.4 is 35.0 Å². The van der Waals surface area contributed by atoms with Gasteiger partial charge in [0.05, 0.1) is 24.0 Å². The molecule has 16 heteroatoms. The summed E-state index contributed by atoms with van der Waals surface area (Å²) in [5, 5.41) is 9.65. The predicted octanol–water partition coefficient (Wildman–Crippen LogP) is 3.37. The summed E-state index contributed by atoms with van der Waals surface area (Å²) in [4.78, 5) is 64.7. The fourth-order valence-electron chi connectivity index (χ4n) is 8.31. The normalized spacial score (nSPS) is 29.8. The molecule has 1 saturated heterocycles. The number of sulfonamides is 1. The van der Waals surface area contributed by atoms with Gasteiger partial charge in [0.2, 0.25) is 27.7 Å². The van der Waals surface area contributed by atoms with Gasteiger partial charge in [-0.05, 0) is 89.3 Å². The summed E-state index contributed by atoms with van der Waals surface area (Å²) in [5.41, 5.74) is -1.13. The molecule has 15 nitrogen and oxygen atoms in total. The molecule has 0 unspecified atom stereocenters. The number of likely N-dealkylation sites (N-methyl/N-ethyl adjacent to an activating group) is 1. The molecule has 5 amide bonds. The maximum atomic E-state index is 14.8. The van der Waals surface area contributed by atoms with Gasteiger partial charge < -0.3 is 35.2 Å². The van der Waals surface area contributed by atoms with Crippen LogP contribution in [0.1, 0.15) is 79.6 Å². The van der Waals surface area contributed by atoms with Crippen molar-refractivity contribution in [1.29, 1.82) is 0 Å². The molecule has 0 radical (unpaired) electrons. The number of allylic oxidation sites excluding steroid dienone is 1. The summed E-state index contributed by atoms with van der Waals surface area (Å²) < 4.78 is 40.7. The SMILES string of the molecule is C[C@@H]1CCC=C[C@@H]2C[C@@]2(C(=O)NS(=O)(=O)C2CC2)NC(=O)[C@@H]2C[C@@H](Oc3nccc4c5c(ccc34)N(C)CCO5)CN2C(=O)[C@@H](NC(=O)NC(C)(C)C)[C@H](C)C1. The number of aromatic nitrogens is 1. The minimum absolute atomic E-state index is 0.000896. The van der Waals surface area contributed by atoms with Gasteiger partial charge in [0, 0.05) is 41.9 Å². The van der Waals surface area contributed by atoms with Gasteiger partial charge >= 0.3 is 6.03 Å². The van der Waals surface area contributed by atoms with E-state index in [4.69, 9.17) is 9.47 Å². The Morgan fingerprint density at radius 3 is 2.57 bits per heavy atom. The number of hydrogen-bond acceptors (Lipinski definition) is 10. The molecule has 1 aromatic heterocycles. The zero-order chi connectivity index (χ0) is 40.2. The predicted molar refractivity (Wildman–Crippen MR) is 211 cm³/mol. The minimum Gasteiger partial charge on any atom is -0.489 e. The highest BCUT2D eigenvalue weighted by molar-refractivity contribution is 7.91. The lowest BCUT2D eigenvalue weighted by Crippen LogP contribution is -2.60. The van der Waals surface area contributed by atoms with Gasteiger partial charge in [0.15, 0.2) is 5.75 Å². The second-order valence-corrected chi connectivity index (χ2v) is 19.4. The van der Waals surface area contributed by atoms with Crippen LogP contribution in [-0.4, -0.2) is 103 Å². The van der Waals surface area contributed by atoms with Crippen LogP contribution in [0, 0.1) is 17.8 Å². The Balaban J connectivity index is 1.22. The van der Waals surface area contributed by atoms with Crippen molar-refractivity contribution >= 4 is 50.2 Å². The van der Waals surface area contributed by atoms with Crippen molar-refractivity contribution in [2.45, 2.75) is 114 Å². The lowest BCUT2D eigenvalue weighted by atomic mass is 9.88. The van der Waals surface area contributed by atoms with Crippen LogP contribution >= 0.6 is 0 Å². The van der Waals surface area contributed by atoms with Crippen LogP contribution in [0.2, 0.25) is 0 Å². The van der Waals surface area contributed by atoms with Crippen molar-refractivity contribution in [3.8, 4) is 11.6 Å². The molecule has 7 atom stereocenters. The number of ether oxygens (including phenoxy) is 2. The Hall–Kier alpha value is -4.60. The molecule has 2 aliphatic carbocycles. The number of amides is 5. The second-order valence-electron chi connectivity index (χ2n) is 17.5. The average Bonchev–Trinajstić information content (AvgIpc) is 4.05. The van der Waals surface area contributed by atoms with Crippen LogP contribution in [0.25, 0.3) is 10.8 Å². The lowest BCUT2D eigenvalue weighted by molar-refractivity contribution is -0.142. The van der Waals surface area contributed by atoms with E-state index in [9.17, 15) is 27.6 Å². The van der Waals surface area contributed by atoms with E-state index in [1.807, 2.05) is 65.1 Å². The maximum absolute atomic E-state index is 14.8. The largest absolute Gasteiger partial charge is 0.489 e. The minimum atomic E-state index is -3.90. The number of pyridine rings is 1. The highest BCUT2D eigenvalue weighted by atomic mass is 32.2. The fraction of sp³-hybridized carbons (Fsp3) is 0.625. The number of anilines is 1. The quantitative estimate of drug-likeness (QED) is 0.316. The van der Waals surface area contributed by atoms with Crippen molar-refractivity contribution < 1.29 is 37.1 Å². The Morgan fingerprint density at radius 2 is 1.84 bits per heavy atom. The maximum Gasteiger partial charge on any atom is 0.315 e. The van der Waals surface area contributed by atoms with E-state index in [1.165, 1.54) is 4.90 Å². The highest BCUT2D eigenvalue weighted by Crippen LogP contribution is 2.46. The van der Waals surface area contributed by atoms with Crippen LogP contribution in [-0.2, 0) is 24.4 Å². The van der Waals surface area contributed by atoms with Gasteiger partial charge in [-0.1, -0.05) is 26.0 Å². The third-order valence-corrected chi connectivity index (χ3v) is 13.4. The first-order valence-electron chi connectivity index (χ1n) is 19.8. The highest BCUT2D eigenvalue weighted by Gasteiger charge is 2.62. The molecule has 3 aliphatic heterocycles. The summed E-state index contributed by atoms with van der Waals surface area (Å²) in [6, 6.07) is 3.15. The molecule has 1 aromatic carbocycles. The molecule has 2 aromatic rings. The lowest BCUT2D eigenvalue weighted by Gasteiger charge is -2.33. The topological polar surface area (TPSA) is 188 Å². The monoisotopic (exact) mass is 793 g/mol. The van der Waals surface area contributed by atoms with E-state index >= 15 is 0 Å². The molecular formula is C40H55N7O8S. The number of hydrogen-bond donors (Lipinski definition) is 4. The zero-order valence-corrected chi connectivity index (χ0v) is 33.9. The molecular weight excluding hydrogens is 739 g/mol. The van der Waals surface area contributed by atoms with Crippen molar-refractivity contribution in [2.24, 2.45) is 17.8 Å². The van der Waals surface area contributed by atoms with Crippen LogP contribution in [0.15, 0.2) is 36.5 Å². The third-order valence-electron chi connectivity index (χ3n) is 11.6. The number of nitrogens with one attached hydrogen (secondary N) is 4. The first kappa shape index (κ1) is 39.6. The van der Waals surface area contributed by atoms with Gasteiger partial charge in [-0.2, -0.15) is 0 Å². The van der Waals surface area contributed by atoms with Crippen molar-refractivity contribution in [2.75, 3.05) is 31.6 Å². The molecule has 56 heavy (non-hydrogen) atoms. The second kappa shape index (κ2) is 15.1. The van der Waals surface area contributed by atoms with Crippen LogP contribution in [0.3, 0.4) is 0 Å². The van der Waals surface area contributed by atoms with Gasteiger partial charge in [-0.15, -0.1) is 0 Å². The van der Waals surface area contributed by atoms with Crippen LogP contribution in [0.5, 0.6) is 11.6 Å². The standard InChI is InChI=1S/C40H55N7O8S/c1-23-9-7-8-10-25-21-40(25,37(50)45-56(52,53)27-11-12-27)43-34(48)31-20-26(22-47(31)36(49)32(24(2)19-23)42-38(51)44-39(3,4)5)55-35-29-13-14-30-33(28(29)15-16-41-35)54-18-17-46(30)6/h8,10,13-16,23-27,31-32H,7,9,11-12,17-22H2,1-6H3,(H,43,48)(H,45,50)(H2,42,44,51)/t23-,24-,25-,26-,31+,32+,40-/m1/s1. The molecule has 4 N–H and O–H groups in total. The summed E-state index contributed by atoms with van der Waals surface area (Å²) in [5.74, 6) is -1.35. The van der Waals surface area contributed by atoms with E-state index in [2.05, 4.69) is 37.5 Å². The first-order valence-corrected chi connectivity index (χ1v) is 21.4. The smallest absolute Gasteiger partial charge is 0.315 e. The number of nitrogens with zero attached hydrogens (tertiary/aromatic N) is 3. The summed E-state index contributed by atoms with van der Waals surface area (Å²) in [6.07, 6.45) is 8.13. The Kier molecular flexibility index (Phi) is 10.7. The van der Waals surface area contributed by atoms with Gasteiger partial charge in [-0.25, -0.2) is 18.2 Å². The number of benzene rings is 1. The number of carbonyl (C=O) groups is 4. The summed E-state index contributed by atoms with van der Waals surface area (Å²) >= 11 is 0. The molecule has 304 valence electrons. The number of urea groups is 1.